The number of likely N-dealkylation sites (tertiary alicyclic amines) is 1. The summed E-state index contributed by atoms with van der Waals surface area (Å²) in [6, 6.07) is 24.5. The molecule has 1 amide bonds. The first-order valence-corrected chi connectivity index (χ1v) is 14.9. The van der Waals surface area contributed by atoms with Gasteiger partial charge in [-0.05, 0) is 86.4 Å². The van der Waals surface area contributed by atoms with Crippen LogP contribution in [0.2, 0.25) is 0 Å². The number of para-hydroxylation sites is 1. The van der Waals surface area contributed by atoms with E-state index >= 15 is 0 Å². The number of rotatable bonds is 11. The molecule has 1 saturated heterocycles. The number of nitrogens with one attached hydrogen (secondary N) is 3. The number of hydrogen-bond donors (Lipinski definition) is 3. The lowest BCUT2D eigenvalue weighted by atomic mass is 10.0. The SMILES string of the molecule is CCC(NC1CCN(Cc2ccc(Oc3ccc(NS(C)(=O)=O)cc3)cc2)CC1)C(=O)Nc1ccccc1.Cl. The normalized spacial score (nSPS) is 15.1. The lowest BCUT2D eigenvalue weighted by molar-refractivity contribution is -0.118. The Bertz CT molecular complexity index is 1280. The monoisotopic (exact) mass is 572 g/mol. The first-order valence-electron chi connectivity index (χ1n) is 13.0. The summed E-state index contributed by atoms with van der Waals surface area (Å²) in [5.74, 6) is 1.37. The molecule has 8 nitrogen and oxygen atoms in total. The summed E-state index contributed by atoms with van der Waals surface area (Å²) >= 11 is 0. The van der Waals surface area contributed by atoms with E-state index in [0.717, 1.165) is 56.6 Å². The highest BCUT2D eigenvalue weighted by Crippen LogP contribution is 2.24. The van der Waals surface area contributed by atoms with Gasteiger partial charge >= 0.3 is 0 Å². The van der Waals surface area contributed by atoms with E-state index in [0.29, 0.717) is 17.5 Å². The van der Waals surface area contributed by atoms with Crippen LogP contribution in [0.1, 0.15) is 31.7 Å². The number of nitrogens with zero attached hydrogens (tertiary/aromatic N) is 1. The van der Waals surface area contributed by atoms with Crippen LogP contribution in [0.3, 0.4) is 0 Å². The summed E-state index contributed by atoms with van der Waals surface area (Å²) in [7, 11) is -3.30. The third kappa shape index (κ3) is 9.85. The zero-order valence-corrected chi connectivity index (χ0v) is 23.9. The molecule has 4 rings (SSSR count). The second-order valence-corrected chi connectivity index (χ2v) is 11.4. The van der Waals surface area contributed by atoms with Crippen LogP contribution in [0.15, 0.2) is 78.9 Å². The quantitative estimate of drug-likeness (QED) is 0.290. The number of amides is 1. The highest BCUT2D eigenvalue weighted by molar-refractivity contribution is 7.92. The van der Waals surface area contributed by atoms with Crippen molar-refractivity contribution >= 4 is 39.7 Å². The van der Waals surface area contributed by atoms with Crippen molar-refractivity contribution in [3.63, 3.8) is 0 Å². The molecule has 1 aliphatic heterocycles. The third-order valence-corrected chi connectivity index (χ3v) is 7.12. The Morgan fingerprint density at radius 2 is 1.51 bits per heavy atom. The van der Waals surface area contributed by atoms with Gasteiger partial charge in [0.2, 0.25) is 15.9 Å². The van der Waals surface area contributed by atoms with Gasteiger partial charge in [0.25, 0.3) is 0 Å². The number of carbonyl (C=O) groups excluding carboxylic acids is 1. The molecular weight excluding hydrogens is 536 g/mol. The molecule has 1 fully saturated rings. The number of ether oxygens (including phenoxy) is 1. The molecule has 10 heteroatoms. The van der Waals surface area contributed by atoms with Crippen LogP contribution in [0.5, 0.6) is 11.5 Å². The molecule has 210 valence electrons. The van der Waals surface area contributed by atoms with Crippen LogP contribution in [0.4, 0.5) is 11.4 Å². The van der Waals surface area contributed by atoms with Crippen LogP contribution in [0.25, 0.3) is 0 Å². The van der Waals surface area contributed by atoms with Crippen molar-refractivity contribution in [1.82, 2.24) is 10.2 Å². The van der Waals surface area contributed by atoms with Crippen LogP contribution >= 0.6 is 12.4 Å². The fraction of sp³-hybridized carbons (Fsp3) is 0.345. The lowest BCUT2D eigenvalue weighted by Gasteiger charge is -2.34. The number of carbonyl (C=O) groups is 1. The average molecular weight is 573 g/mol. The number of piperidine rings is 1. The first kappa shape index (κ1) is 30.4. The van der Waals surface area contributed by atoms with Crippen molar-refractivity contribution in [2.24, 2.45) is 0 Å². The number of halogens is 1. The van der Waals surface area contributed by atoms with Crippen LogP contribution in [-0.4, -0.2) is 50.7 Å². The van der Waals surface area contributed by atoms with E-state index in [-0.39, 0.29) is 24.4 Å². The van der Waals surface area contributed by atoms with Gasteiger partial charge in [0.15, 0.2) is 0 Å². The average Bonchev–Trinajstić information content (AvgIpc) is 2.90. The predicted molar refractivity (Wildman–Crippen MR) is 159 cm³/mol. The van der Waals surface area contributed by atoms with E-state index in [9.17, 15) is 13.2 Å². The molecule has 39 heavy (non-hydrogen) atoms. The maximum Gasteiger partial charge on any atom is 0.241 e. The zero-order chi connectivity index (χ0) is 27.0. The summed E-state index contributed by atoms with van der Waals surface area (Å²) < 4.78 is 31.0. The minimum atomic E-state index is -3.30. The summed E-state index contributed by atoms with van der Waals surface area (Å²) in [5.41, 5.74) is 2.53. The van der Waals surface area contributed by atoms with Gasteiger partial charge in [0.05, 0.1) is 12.3 Å². The second kappa shape index (κ2) is 14.3. The summed E-state index contributed by atoms with van der Waals surface area (Å²) in [5, 5.41) is 6.57. The minimum Gasteiger partial charge on any atom is -0.457 e. The molecule has 0 bridgehead atoms. The van der Waals surface area contributed by atoms with Crippen molar-refractivity contribution in [1.29, 1.82) is 0 Å². The molecule has 1 aliphatic rings. The van der Waals surface area contributed by atoms with Gasteiger partial charge in [-0.25, -0.2) is 8.42 Å². The van der Waals surface area contributed by atoms with E-state index in [4.69, 9.17) is 4.74 Å². The Hall–Kier alpha value is -3.11. The van der Waals surface area contributed by atoms with Crippen molar-refractivity contribution in [3.8, 4) is 11.5 Å². The van der Waals surface area contributed by atoms with Crippen molar-refractivity contribution in [2.75, 3.05) is 29.4 Å². The second-order valence-electron chi connectivity index (χ2n) is 9.68. The predicted octanol–water partition coefficient (Wildman–Crippen LogP) is 5.24. The molecular formula is C29H37ClN4O4S. The van der Waals surface area contributed by atoms with E-state index < -0.39 is 10.0 Å². The van der Waals surface area contributed by atoms with E-state index in [1.807, 2.05) is 49.4 Å². The highest BCUT2D eigenvalue weighted by atomic mass is 35.5. The Labute approximate surface area is 237 Å². The Morgan fingerprint density at radius 3 is 2.08 bits per heavy atom. The summed E-state index contributed by atoms with van der Waals surface area (Å²) in [4.78, 5) is 15.1. The third-order valence-electron chi connectivity index (χ3n) is 6.51. The number of sulfonamides is 1. The van der Waals surface area contributed by atoms with Crippen LogP contribution in [0, 0.1) is 0 Å². The van der Waals surface area contributed by atoms with Crippen LogP contribution < -0.4 is 20.1 Å². The topological polar surface area (TPSA) is 99.8 Å². The zero-order valence-electron chi connectivity index (χ0n) is 22.3. The molecule has 0 radical (unpaired) electrons. The van der Waals surface area contributed by atoms with Gasteiger partial charge in [-0.2, -0.15) is 0 Å². The number of benzene rings is 3. The Balaban J connectivity index is 0.00000420. The van der Waals surface area contributed by atoms with Gasteiger partial charge < -0.3 is 15.4 Å². The maximum absolute atomic E-state index is 12.7. The summed E-state index contributed by atoms with van der Waals surface area (Å²) in [6.07, 6.45) is 3.87. The minimum absolute atomic E-state index is 0. The summed E-state index contributed by atoms with van der Waals surface area (Å²) in [6.45, 7) is 4.85. The fourth-order valence-electron chi connectivity index (χ4n) is 4.53. The molecule has 3 N–H and O–H groups in total. The van der Waals surface area contributed by atoms with Crippen molar-refractivity contribution in [2.45, 2.75) is 44.8 Å². The molecule has 1 atom stereocenters. The maximum atomic E-state index is 12.7. The van der Waals surface area contributed by atoms with Gasteiger partial charge in [-0.3, -0.25) is 14.4 Å². The Morgan fingerprint density at radius 1 is 0.923 bits per heavy atom. The largest absolute Gasteiger partial charge is 0.457 e. The van der Waals surface area contributed by atoms with E-state index in [1.165, 1.54) is 5.56 Å². The Kier molecular flexibility index (Phi) is 11.2. The van der Waals surface area contributed by atoms with Gasteiger partial charge in [0, 0.05) is 24.0 Å². The fourth-order valence-corrected chi connectivity index (χ4v) is 5.10. The van der Waals surface area contributed by atoms with Gasteiger partial charge in [-0.15, -0.1) is 12.4 Å². The molecule has 1 unspecified atom stereocenters. The molecule has 1 heterocycles. The van der Waals surface area contributed by atoms with Crippen molar-refractivity contribution < 1.29 is 17.9 Å². The lowest BCUT2D eigenvalue weighted by Crippen LogP contribution is -2.49. The standard InChI is InChI=1S/C29H36N4O4S.ClH/c1-3-28(29(34)31-23-7-5-4-6-8-23)30-24-17-19-33(20-18-24)21-22-9-13-26(14-10-22)37-27-15-11-25(12-16-27)32-38(2,35)36;/h4-16,24,28,30,32H,3,17-21H2,1-2H3,(H,31,34);1H. The molecule has 0 saturated carbocycles. The first-order chi connectivity index (χ1) is 18.3. The molecule has 3 aromatic carbocycles. The highest BCUT2D eigenvalue weighted by Gasteiger charge is 2.24. The van der Waals surface area contributed by atoms with E-state index in [2.05, 4.69) is 32.4 Å². The number of hydrogen-bond acceptors (Lipinski definition) is 6. The van der Waals surface area contributed by atoms with Crippen LogP contribution in [-0.2, 0) is 21.4 Å². The van der Waals surface area contributed by atoms with Gasteiger partial charge in [0.1, 0.15) is 11.5 Å². The van der Waals surface area contributed by atoms with E-state index in [1.54, 1.807) is 24.3 Å². The molecule has 0 spiro atoms. The smallest absolute Gasteiger partial charge is 0.241 e. The molecule has 0 aromatic heterocycles. The van der Waals surface area contributed by atoms with Crippen molar-refractivity contribution in [3.05, 3.63) is 84.4 Å². The van der Waals surface area contributed by atoms with Gasteiger partial charge in [-0.1, -0.05) is 37.3 Å². The number of anilines is 2. The molecule has 0 aliphatic carbocycles. The molecule has 3 aromatic rings.